The van der Waals surface area contributed by atoms with Gasteiger partial charge < -0.3 is 4.74 Å². The van der Waals surface area contributed by atoms with Gasteiger partial charge in [0.1, 0.15) is 10.7 Å². The Bertz CT molecular complexity index is 628. The van der Waals surface area contributed by atoms with Crippen molar-refractivity contribution >= 4 is 28.2 Å². The van der Waals surface area contributed by atoms with Gasteiger partial charge in [-0.05, 0) is 18.1 Å². The number of ether oxygens (including phenoxy) is 1. The van der Waals surface area contributed by atoms with Crippen LogP contribution in [0.15, 0.2) is 18.2 Å². The standard InChI is InChI=1S/C12H11ClN2O3/c1-3-7-4-8-5-9(15(16)17)6-10(18-2)11(8)14-12(7)13/h4-6H,3H2,1-2H3. The average molecular weight is 267 g/mol. The summed E-state index contributed by atoms with van der Waals surface area (Å²) in [4.78, 5) is 14.6. The maximum absolute atomic E-state index is 10.8. The van der Waals surface area contributed by atoms with Crippen molar-refractivity contribution in [3.05, 3.63) is 39.0 Å². The smallest absolute Gasteiger partial charge is 0.273 e. The summed E-state index contributed by atoms with van der Waals surface area (Å²) in [5, 5.41) is 11.9. The summed E-state index contributed by atoms with van der Waals surface area (Å²) >= 11 is 6.03. The van der Waals surface area contributed by atoms with Gasteiger partial charge in [-0.3, -0.25) is 10.1 Å². The lowest BCUT2D eigenvalue weighted by atomic mass is 10.1. The molecule has 1 aromatic carbocycles. The van der Waals surface area contributed by atoms with Crippen LogP contribution in [0.2, 0.25) is 5.15 Å². The Kier molecular flexibility index (Phi) is 3.34. The van der Waals surface area contributed by atoms with Gasteiger partial charge in [0, 0.05) is 11.5 Å². The molecule has 0 radical (unpaired) electrons. The van der Waals surface area contributed by atoms with Crippen LogP contribution >= 0.6 is 11.6 Å². The van der Waals surface area contributed by atoms with Crippen molar-refractivity contribution < 1.29 is 9.66 Å². The van der Waals surface area contributed by atoms with Crippen molar-refractivity contribution in [1.29, 1.82) is 0 Å². The minimum absolute atomic E-state index is 0.0227. The molecule has 0 amide bonds. The van der Waals surface area contributed by atoms with Crippen LogP contribution in [0.1, 0.15) is 12.5 Å². The molecule has 2 aromatic rings. The number of hydrogen-bond donors (Lipinski definition) is 0. The number of methoxy groups -OCH3 is 1. The fraction of sp³-hybridized carbons (Fsp3) is 0.250. The maximum atomic E-state index is 10.8. The number of fused-ring (bicyclic) bond motifs is 1. The third-order valence-corrected chi connectivity index (χ3v) is 3.03. The molecule has 1 heterocycles. The number of aryl methyl sites for hydroxylation is 1. The highest BCUT2D eigenvalue weighted by Crippen LogP contribution is 2.32. The summed E-state index contributed by atoms with van der Waals surface area (Å²) in [5.41, 5.74) is 1.36. The first-order chi connectivity index (χ1) is 8.56. The number of benzene rings is 1. The van der Waals surface area contributed by atoms with E-state index in [1.165, 1.54) is 19.2 Å². The van der Waals surface area contributed by atoms with Crippen molar-refractivity contribution in [2.75, 3.05) is 7.11 Å². The number of non-ortho nitro benzene ring substituents is 1. The largest absolute Gasteiger partial charge is 0.494 e. The van der Waals surface area contributed by atoms with Crippen molar-refractivity contribution in [1.82, 2.24) is 4.98 Å². The third kappa shape index (κ3) is 2.09. The van der Waals surface area contributed by atoms with Gasteiger partial charge in [0.25, 0.3) is 5.69 Å². The molecule has 5 nitrogen and oxygen atoms in total. The van der Waals surface area contributed by atoms with Gasteiger partial charge in [0.15, 0.2) is 5.75 Å². The predicted molar refractivity (Wildman–Crippen MR) is 69.3 cm³/mol. The normalized spacial score (nSPS) is 10.6. The van der Waals surface area contributed by atoms with Crippen molar-refractivity contribution in [3.8, 4) is 5.75 Å². The second kappa shape index (κ2) is 4.78. The third-order valence-electron chi connectivity index (χ3n) is 2.71. The number of halogens is 1. The molecule has 94 valence electrons. The van der Waals surface area contributed by atoms with E-state index in [-0.39, 0.29) is 5.69 Å². The lowest BCUT2D eigenvalue weighted by Crippen LogP contribution is -1.95. The Morgan fingerprint density at radius 2 is 2.17 bits per heavy atom. The number of aromatic nitrogens is 1. The highest BCUT2D eigenvalue weighted by Gasteiger charge is 2.15. The number of nitro groups is 1. The molecular weight excluding hydrogens is 256 g/mol. The highest BCUT2D eigenvalue weighted by molar-refractivity contribution is 6.30. The zero-order valence-corrected chi connectivity index (χ0v) is 10.7. The molecule has 0 aliphatic heterocycles. The predicted octanol–water partition coefficient (Wildman–Crippen LogP) is 3.37. The van der Waals surface area contributed by atoms with Gasteiger partial charge in [0.05, 0.1) is 18.1 Å². The van der Waals surface area contributed by atoms with Gasteiger partial charge in [-0.1, -0.05) is 18.5 Å². The first-order valence-electron chi connectivity index (χ1n) is 5.38. The molecule has 0 atom stereocenters. The van der Waals surface area contributed by atoms with E-state index in [1.807, 2.05) is 6.92 Å². The summed E-state index contributed by atoms with van der Waals surface area (Å²) in [7, 11) is 1.45. The molecular formula is C12H11ClN2O3. The van der Waals surface area contributed by atoms with Crippen LogP contribution in [0.5, 0.6) is 5.75 Å². The van der Waals surface area contributed by atoms with Crippen LogP contribution in [-0.2, 0) is 6.42 Å². The van der Waals surface area contributed by atoms with E-state index in [0.717, 1.165) is 5.56 Å². The van der Waals surface area contributed by atoms with Crippen molar-refractivity contribution in [3.63, 3.8) is 0 Å². The Balaban J connectivity index is 2.79. The van der Waals surface area contributed by atoms with E-state index in [4.69, 9.17) is 16.3 Å². The first-order valence-corrected chi connectivity index (χ1v) is 5.76. The number of rotatable bonds is 3. The number of nitrogens with zero attached hydrogens (tertiary/aromatic N) is 2. The molecule has 2 rings (SSSR count). The minimum atomic E-state index is -0.456. The van der Waals surface area contributed by atoms with E-state index in [0.29, 0.717) is 28.2 Å². The lowest BCUT2D eigenvalue weighted by molar-refractivity contribution is -0.384. The van der Waals surface area contributed by atoms with E-state index >= 15 is 0 Å². The molecule has 0 unspecified atom stereocenters. The Morgan fingerprint density at radius 1 is 1.44 bits per heavy atom. The Morgan fingerprint density at radius 3 is 2.72 bits per heavy atom. The van der Waals surface area contributed by atoms with Crippen LogP contribution in [0, 0.1) is 10.1 Å². The van der Waals surface area contributed by atoms with Crippen molar-refractivity contribution in [2.45, 2.75) is 13.3 Å². The monoisotopic (exact) mass is 266 g/mol. The van der Waals surface area contributed by atoms with Crippen LogP contribution in [0.25, 0.3) is 10.9 Å². The maximum Gasteiger partial charge on any atom is 0.273 e. The van der Waals surface area contributed by atoms with Gasteiger partial charge in [-0.2, -0.15) is 0 Å². The molecule has 0 aliphatic carbocycles. The second-order valence-electron chi connectivity index (χ2n) is 3.77. The molecule has 1 aromatic heterocycles. The molecule has 0 spiro atoms. The Hall–Kier alpha value is -1.88. The van der Waals surface area contributed by atoms with E-state index in [2.05, 4.69) is 4.98 Å². The molecule has 0 N–H and O–H groups in total. The van der Waals surface area contributed by atoms with E-state index < -0.39 is 4.92 Å². The minimum Gasteiger partial charge on any atom is -0.494 e. The number of nitro benzene ring substituents is 1. The van der Waals surface area contributed by atoms with Gasteiger partial charge >= 0.3 is 0 Å². The fourth-order valence-electron chi connectivity index (χ4n) is 1.77. The SMILES string of the molecule is CCc1cc2cc([N+](=O)[O-])cc(OC)c2nc1Cl. The summed E-state index contributed by atoms with van der Waals surface area (Å²) in [6, 6.07) is 4.62. The second-order valence-corrected chi connectivity index (χ2v) is 4.13. The molecule has 0 fully saturated rings. The molecule has 0 saturated heterocycles. The van der Waals surface area contributed by atoms with Gasteiger partial charge in [0.2, 0.25) is 0 Å². The van der Waals surface area contributed by atoms with Crippen LogP contribution in [-0.4, -0.2) is 17.0 Å². The first kappa shape index (κ1) is 12.6. The molecule has 0 saturated carbocycles. The van der Waals surface area contributed by atoms with Gasteiger partial charge in [-0.25, -0.2) is 4.98 Å². The van der Waals surface area contributed by atoms with E-state index in [1.54, 1.807) is 6.07 Å². The number of hydrogen-bond acceptors (Lipinski definition) is 4. The Labute approximate surface area is 108 Å². The highest BCUT2D eigenvalue weighted by atomic mass is 35.5. The lowest BCUT2D eigenvalue weighted by Gasteiger charge is -2.07. The average Bonchev–Trinajstić information content (AvgIpc) is 2.36. The van der Waals surface area contributed by atoms with Crippen LogP contribution < -0.4 is 4.74 Å². The van der Waals surface area contributed by atoms with Crippen molar-refractivity contribution in [2.24, 2.45) is 0 Å². The quantitative estimate of drug-likeness (QED) is 0.485. The number of pyridine rings is 1. The zero-order chi connectivity index (χ0) is 13.3. The van der Waals surface area contributed by atoms with Crippen LogP contribution in [0.3, 0.4) is 0 Å². The topological polar surface area (TPSA) is 65.3 Å². The summed E-state index contributed by atoms with van der Waals surface area (Å²) in [6.45, 7) is 1.95. The van der Waals surface area contributed by atoms with E-state index in [9.17, 15) is 10.1 Å². The molecule has 18 heavy (non-hydrogen) atoms. The zero-order valence-electron chi connectivity index (χ0n) is 9.94. The summed E-state index contributed by atoms with van der Waals surface area (Å²) < 4.78 is 5.12. The molecule has 0 aliphatic rings. The molecule has 0 bridgehead atoms. The summed E-state index contributed by atoms with van der Waals surface area (Å²) in [5.74, 6) is 0.351. The van der Waals surface area contributed by atoms with Gasteiger partial charge in [-0.15, -0.1) is 0 Å². The van der Waals surface area contributed by atoms with Crippen LogP contribution in [0.4, 0.5) is 5.69 Å². The molecule has 6 heteroatoms. The fourth-order valence-corrected chi connectivity index (χ4v) is 2.04. The summed E-state index contributed by atoms with van der Waals surface area (Å²) in [6.07, 6.45) is 0.715.